The number of phenolic OH excluding ortho intramolecular Hbond substituents is 1. The van der Waals surface area contributed by atoms with Crippen molar-refractivity contribution in [3.05, 3.63) is 69.2 Å². The largest absolute Gasteiger partial charge is 0.506 e. The number of aromatic nitrogens is 1. The van der Waals surface area contributed by atoms with Gasteiger partial charge in [0.05, 0.1) is 43.4 Å². The number of aromatic hydroxyl groups is 1. The normalized spacial score (nSPS) is 15.6. The summed E-state index contributed by atoms with van der Waals surface area (Å²) in [4.78, 5) is 66.9. The van der Waals surface area contributed by atoms with E-state index in [0.717, 1.165) is 75.3 Å². The van der Waals surface area contributed by atoms with Crippen molar-refractivity contribution in [1.29, 1.82) is 0 Å². The summed E-state index contributed by atoms with van der Waals surface area (Å²) in [6.07, 6.45) is -3.58. The molecule has 2 fully saturated rings. The number of nitrogens with zero attached hydrogens (tertiary/aromatic N) is 4. The van der Waals surface area contributed by atoms with Crippen molar-refractivity contribution in [2.45, 2.75) is 96.0 Å². The summed E-state index contributed by atoms with van der Waals surface area (Å²) in [6, 6.07) is 12.1. The van der Waals surface area contributed by atoms with Crippen molar-refractivity contribution in [3.63, 3.8) is 0 Å². The van der Waals surface area contributed by atoms with Crippen LogP contribution in [0.1, 0.15) is 91.0 Å². The summed E-state index contributed by atoms with van der Waals surface area (Å²) in [6.45, 7) is 14.6. The maximum Gasteiger partial charge on any atom is 0.490 e. The van der Waals surface area contributed by atoms with Crippen LogP contribution in [-0.4, -0.2) is 168 Å². The van der Waals surface area contributed by atoms with Crippen LogP contribution in [0.4, 0.5) is 32.0 Å². The highest BCUT2D eigenvalue weighted by Crippen LogP contribution is 2.39. The maximum absolute atomic E-state index is 13.3. The number of anilines is 1. The summed E-state index contributed by atoms with van der Waals surface area (Å²) in [5, 5.41) is 33.4. The van der Waals surface area contributed by atoms with Gasteiger partial charge in [-0.3, -0.25) is 14.4 Å². The standard InChI is InChI=1S/C44H62N6O7S.2C2HF3O2/c1-4-5-19-49(23-18-45-17-11-35-9-10-37(51)40-41(35)56-29-38(52)47-40)39(53)14-26-55-25-13-34-8-6-7-33(28-34)12-20-48-21-15-44(16-22-48)31-50(24-27-57-44)43(54)36-30-58-42(46-36)32(2)3;2*3-2(4,5)1(6)7/h6-10,28,30,32,45,51H,4-5,11-27,29,31H2,1-3H3,(H,47,52);2*(H,6,7). The Morgan fingerprint density at radius 3 is 2.24 bits per heavy atom. The summed E-state index contributed by atoms with van der Waals surface area (Å²) in [5.74, 6) is -4.84. The van der Waals surface area contributed by atoms with Crippen LogP contribution in [0.25, 0.3) is 0 Å². The second-order valence-corrected chi connectivity index (χ2v) is 18.5. The summed E-state index contributed by atoms with van der Waals surface area (Å²) in [5.41, 5.74) is 4.07. The molecule has 0 radical (unpaired) electrons. The van der Waals surface area contributed by atoms with Gasteiger partial charge in [-0.1, -0.05) is 57.5 Å². The van der Waals surface area contributed by atoms with Crippen LogP contribution in [0.5, 0.6) is 11.5 Å². The fourth-order valence-corrected chi connectivity index (χ4v) is 8.65. The number of ether oxygens (including phenoxy) is 3. The molecule has 3 aromatic rings. The second kappa shape index (κ2) is 28.0. The van der Waals surface area contributed by atoms with Crippen molar-refractivity contribution in [2.75, 3.05) is 90.6 Å². The Morgan fingerprint density at radius 2 is 1.61 bits per heavy atom. The number of fused-ring (bicyclic) bond motifs is 1. The number of carbonyl (C=O) groups is 5. The predicted octanol–water partition coefficient (Wildman–Crippen LogP) is 6.53. The number of hydrogen-bond donors (Lipinski definition) is 5. The number of nitrogens with one attached hydrogen (secondary N) is 2. The lowest BCUT2D eigenvalue weighted by Crippen LogP contribution is -2.58. The van der Waals surface area contributed by atoms with Gasteiger partial charge in [-0.25, -0.2) is 14.6 Å². The Bertz CT molecular complexity index is 2230. The fourth-order valence-electron chi connectivity index (χ4n) is 7.84. The molecule has 0 unspecified atom stereocenters. The molecule has 0 aliphatic carbocycles. The monoisotopic (exact) mass is 1050 g/mol. The zero-order chi connectivity index (χ0) is 53.1. The van der Waals surface area contributed by atoms with E-state index >= 15 is 0 Å². The third-order valence-electron chi connectivity index (χ3n) is 11.8. The van der Waals surface area contributed by atoms with Crippen LogP contribution in [-0.2, 0) is 47.9 Å². The molecule has 3 amide bonds. The van der Waals surface area contributed by atoms with E-state index in [1.165, 1.54) is 11.1 Å². The van der Waals surface area contributed by atoms with Crippen molar-refractivity contribution in [2.24, 2.45) is 0 Å². The third kappa shape index (κ3) is 19.1. The molecule has 5 N–H and O–H groups in total. The molecule has 24 heteroatoms. The molecule has 2 aromatic carbocycles. The number of morpholine rings is 1. The van der Waals surface area contributed by atoms with Crippen LogP contribution in [0.15, 0.2) is 41.8 Å². The lowest BCUT2D eigenvalue weighted by atomic mass is 9.89. The number of unbranched alkanes of at least 4 members (excludes halogenated alkanes) is 1. The van der Waals surface area contributed by atoms with Gasteiger partial charge in [0.2, 0.25) is 5.91 Å². The van der Waals surface area contributed by atoms with E-state index in [0.29, 0.717) is 88.4 Å². The summed E-state index contributed by atoms with van der Waals surface area (Å²) >= 11 is 1.57. The van der Waals surface area contributed by atoms with Crippen molar-refractivity contribution in [3.8, 4) is 11.5 Å². The number of carbonyl (C=O) groups excluding carboxylic acids is 3. The molecule has 0 saturated carbocycles. The number of carboxylic acid groups (broad SMARTS) is 2. The highest BCUT2D eigenvalue weighted by Gasteiger charge is 2.42. The number of carboxylic acids is 2. The van der Waals surface area contributed by atoms with Gasteiger partial charge in [0, 0.05) is 57.1 Å². The summed E-state index contributed by atoms with van der Waals surface area (Å²) in [7, 11) is 0. The lowest BCUT2D eigenvalue weighted by Gasteiger charge is -2.47. The van der Waals surface area contributed by atoms with Crippen LogP contribution < -0.4 is 15.4 Å². The molecule has 3 aliphatic heterocycles. The Hall–Kier alpha value is -5.56. The minimum Gasteiger partial charge on any atom is -0.506 e. The van der Waals surface area contributed by atoms with E-state index in [1.807, 2.05) is 21.2 Å². The van der Waals surface area contributed by atoms with E-state index in [2.05, 4.69) is 65.6 Å². The number of thiazole rings is 1. The molecule has 6 rings (SSSR count). The SMILES string of the molecule is CCCCN(CCNCCc1ccc(O)c2c1OCC(=O)N2)C(=O)CCOCCc1cccc(CCN2CCC3(CC2)CN(C(=O)c2csc(C(C)C)n2)CCO3)c1.O=C(O)C(F)(F)F.O=C(O)C(F)(F)F. The Labute approximate surface area is 417 Å². The van der Waals surface area contributed by atoms with Crippen molar-refractivity contribution >= 4 is 46.7 Å². The number of hydrogen-bond acceptors (Lipinski definition) is 13. The minimum absolute atomic E-state index is 0.00926. The zero-order valence-electron chi connectivity index (χ0n) is 40.5. The molecule has 3 aliphatic rings. The van der Waals surface area contributed by atoms with Gasteiger partial charge in [0.1, 0.15) is 17.1 Å². The number of likely N-dealkylation sites (tertiary alicyclic amines) is 1. The number of amides is 3. The van der Waals surface area contributed by atoms with Crippen molar-refractivity contribution < 1.29 is 79.8 Å². The first-order valence-electron chi connectivity index (χ1n) is 23.6. The Balaban J connectivity index is 0.000000703. The number of phenols is 1. The highest BCUT2D eigenvalue weighted by atomic mass is 32.1. The van der Waals surface area contributed by atoms with E-state index in [4.69, 9.17) is 34.0 Å². The second-order valence-electron chi connectivity index (χ2n) is 17.6. The van der Waals surface area contributed by atoms with Crippen LogP contribution >= 0.6 is 11.3 Å². The molecule has 0 atom stereocenters. The van der Waals surface area contributed by atoms with Crippen LogP contribution in [0.3, 0.4) is 0 Å². The predicted molar refractivity (Wildman–Crippen MR) is 253 cm³/mol. The molecule has 1 spiro atoms. The van der Waals surface area contributed by atoms with Gasteiger partial charge < -0.3 is 54.9 Å². The lowest BCUT2D eigenvalue weighted by molar-refractivity contribution is -0.193. The van der Waals surface area contributed by atoms with E-state index in [-0.39, 0.29) is 35.7 Å². The smallest absolute Gasteiger partial charge is 0.490 e. The molecule has 2 saturated heterocycles. The van der Waals surface area contributed by atoms with Gasteiger partial charge in [0.15, 0.2) is 12.4 Å². The molecule has 17 nitrogen and oxygen atoms in total. The molecular formula is C48H64F6N6O11S. The Morgan fingerprint density at radius 1 is 0.944 bits per heavy atom. The first-order chi connectivity index (χ1) is 34.0. The first kappa shape index (κ1) is 59.0. The number of alkyl halides is 6. The number of halogens is 6. The fraction of sp³-hybridized carbons (Fsp3) is 0.583. The van der Waals surface area contributed by atoms with E-state index in [9.17, 15) is 45.8 Å². The third-order valence-corrected chi connectivity index (χ3v) is 13.0. The van der Waals surface area contributed by atoms with E-state index in [1.54, 1.807) is 17.4 Å². The highest BCUT2D eigenvalue weighted by molar-refractivity contribution is 7.09. The number of rotatable bonds is 20. The van der Waals surface area contributed by atoms with E-state index < -0.39 is 24.3 Å². The quantitative estimate of drug-likeness (QED) is 0.0462. The van der Waals surface area contributed by atoms with Gasteiger partial charge in [0.25, 0.3) is 11.8 Å². The number of benzene rings is 2. The average Bonchev–Trinajstić information content (AvgIpc) is 3.84. The van der Waals surface area contributed by atoms with Gasteiger partial charge in [-0.2, -0.15) is 26.3 Å². The van der Waals surface area contributed by atoms with Gasteiger partial charge in [-0.15, -0.1) is 11.3 Å². The first-order valence-corrected chi connectivity index (χ1v) is 24.5. The molecule has 1 aromatic heterocycles. The maximum atomic E-state index is 13.3. The van der Waals surface area contributed by atoms with Gasteiger partial charge >= 0.3 is 24.3 Å². The number of piperidine rings is 1. The summed E-state index contributed by atoms with van der Waals surface area (Å²) < 4.78 is 81.4. The van der Waals surface area contributed by atoms with Crippen LogP contribution in [0, 0.1) is 0 Å². The molecule has 4 heterocycles. The Kier molecular flexibility index (Phi) is 23.0. The van der Waals surface area contributed by atoms with Gasteiger partial charge in [-0.05, 0) is 67.8 Å². The minimum atomic E-state index is -5.08. The number of aliphatic carboxylic acids is 2. The molecule has 400 valence electrons. The van der Waals surface area contributed by atoms with Crippen LogP contribution in [0.2, 0.25) is 0 Å². The molecular weight excluding hydrogens is 983 g/mol. The molecule has 72 heavy (non-hydrogen) atoms. The van der Waals surface area contributed by atoms with Crippen molar-refractivity contribution in [1.82, 2.24) is 25.0 Å². The molecule has 0 bridgehead atoms. The average molecular weight is 1050 g/mol. The topological polar surface area (TPSA) is 220 Å². The zero-order valence-corrected chi connectivity index (χ0v) is 41.4.